The molecule has 0 aromatic rings. The van der Waals surface area contributed by atoms with Crippen LogP contribution in [0.4, 0.5) is 0 Å². The fourth-order valence-electron chi connectivity index (χ4n) is 4.75. The number of rotatable bonds is 13. The highest BCUT2D eigenvalue weighted by Crippen LogP contribution is 2.28. The highest BCUT2D eigenvalue weighted by atomic mass is 16.5. The molecule has 2 aliphatic heterocycles. The Labute approximate surface area is 188 Å². The van der Waals surface area contributed by atoms with Crippen molar-refractivity contribution in [1.82, 2.24) is 9.80 Å². The summed E-state index contributed by atoms with van der Waals surface area (Å²) in [5.74, 6) is -3.33. The Morgan fingerprint density at radius 2 is 1.12 bits per heavy atom. The molecule has 0 bridgehead atoms. The minimum atomic E-state index is -0.997. The minimum absolute atomic E-state index is 0.213. The second-order valence-electron chi connectivity index (χ2n) is 8.59. The smallest absolute Gasteiger partial charge is 0.326 e. The van der Waals surface area contributed by atoms with Gasteiger partial charge in [0.05, 0.1) is 0 Å². The van der Waals surface area contributed by atoms with Crippen LogP contribution >= 0.6 is 0 Å². The third-order valence-electron chi connectivity index (χ3n) is 6.54. The molecule has 32 heavy (non-hydrogen) atoms. The van der Waals surface area contributed by atoms with Gasteiger partial charge in [0.2, 0.25) is 11.8 Å². The molecular formula is C22H36N2O8. The molecule has 10 nitrogen and oxygen atoms in total. The zero-order chi connectivity index (χ0) is 23.7. The van der Waals surface area contributed by atoms with Gasteiger partial charge in [-0.25, -0.2) is 9.59 Å². The Kier molecular flexibility index (Phi) is 10.4. The minimum Gasteiger partial charge on any atom is -0.480 e. The highest BCUT2D eigenvalue weighted by Gasteiger charge is 2.39. The highest BCUT2D eigenvalue weighted by molar-refractivity contribution is 5.87. The number of carboxylic acids is 2. The van der Waals surface area contributed by atoms with Crippen molar-refractivity contribution in [2.24, 2.45) is 11.8 Å². The van der Waals surface area contributed by atoms with Gasteiger partial charge in [0.1, 0.15) is 12.1 Å². The van der Waals surface area contributed by atoms with Gasteiger partial charge in [0, 0.05) is 52.4 Å². The number of ether oxygens (including phenoxy) is 2. The second-order valence-corrected chi connectivity index (χ2v) is 8.59. The van der Waals surface area contributed by atoms with Gasteiger partial charge < -0.3 is 29.5 Å². The van der Waals surface area contributed by atoms with Crippen molar-refractivity contribution in [3.63, 3.8) is 0 Å². The summed E-state index contributed by atoms with van der Waals surface area (Å²) < 4.78 is 10.3. The summed E-state index contributed by atoms with van der Waals surface area (Å²) in [5, 5.41) is 18.9. The Bertz CT molecular complexity index is 614. The molecule has 4 unspecified atom stereocenters. The van der Waals surface area contributed by atoms with E-state index in [1.165, 1.54) is 9.80 Å². The van der Waals surface area contributed by atoms with Crippen LogP contribution in [0.5, 0.6) is 0 Å². The normalized spacial score (nSPS) is 22.7. The van der Waals surface area contributed by atoms with Gasteiger partial charge in [0.25, 0.3) is 0 Å². The molecule has 2 rings (SSSR count). The van der Waals surface area contributed by atoms with Gasteiger partial charge in [-0.1, -0.05) is 0 Å². The van der Waals surface area contributed by atoms with E-state index < -0.39 is 35.9 Å². The molecule has 0 aromatic heterocycles. The Morgan fingerprint density at radius 3 is 1.44 bits per heavy atom. The van der Waals surface area contributed by atoms with Crippen LogP contribution in [0.1, 0.15) is 51.4 Å². The molecule has 0 aliphatic carbocycles. The first-order chi connectivity index (χ1) is 15.3. The number of hydrogen-bond donors (Lipinski definition) is 2. The fraction of sp³-hybridized carbons (Fsp3) is 0.818. The van der Waals surface area contributed by atoms with E-state index in [4.69, 9.17) is 9.47 Å². The van der Waals surface area contributed by atoms with Gasteiger partial charge in [-0.05, 0) is 51.4 Å². The summed E-state index contributed by atoms with van der Waals surface area (Å²) in [6, 6.07) is -1.61. The average molecular weight is 457 g/mol. The molecule has 2 fully saturated rings. The standard InChI is InChI=1S/C22H36N2O8/c1-31-13-9-15(19(25)23-11-3-5-17(23)21(27)28)7-8-16(10-14-32-2)20(26)24-12-4-6-18(24)22(29)30/h15-18H,3-14H2,1-2H3,(H,27,28)(H,29,30). The van der Waals surface area contributed by atoms with Gasteiger partial charge in [-0.15, -0.1) is 0 Å². The Hall–Kier alpha value is -2.20. The lowest BCUT2D eigenvalue weighted by Crippen LogP contribution is -2.45. The van der Waals surface area contributed by atoms with E-state index >= 15 is 0 Å². The molecule has 0 aromatic carbocycles. The lowest BCUT2D eigenvalue weighted by Gasteiger charge is -2.29. The lowest BCUT2D eigenvalue weighted by molar-refractivity contribution is -0.151. The Morgan fingerprint density at radius 1 is 0.750 bits per heavy atom. The van der Waals surface area contributed by atoms with Crippen LogP contribution in [0.3, 0.4) is 0 Å². The number of nitrogens with zero attached hydrogens (tertiary/aromatic N) is 2. The van der Waals surface area contributed by atoms with E-state index in [9.17, 15) is 29.4 Å². The van der Waals surface area contributed by atoms with Crippen molar-refractivity contribution >= 4 is 23.8 Å². The van der Waals surface area contributed by atoms with Crippen LogP contribution < -0.4 is 0 Å². The molecule has 0 radical (unpaired) electrons. The molecule has 2 N–H and O–H groups in total. The van der Waals surface area contributed by atoms with Gasteiger partial charge >= 0.3 is 11.9 Å². The number of hydrogen-bond acceptors (Lipinski definition) is 6. The molecule has 2 heterocycles. The van der Waals surface area contributed by atoms with E-state index in [-0.39, 0.29) is 11.8 Å². The van der Waals surface area contributed by atoms with E-state index in [1.807, 2.05) is 0 Å². The summed E-state index contributed by atoms with van der Waals surface area (Å²) in [6.45, 7) is 1.54. The number of likely N-dealkylation sites (tertiary alicyclic amines) is 2. The lowest BCUT2D eigenvalue weighted by atomic mass is 9.89. The molecule has 0 saturated carbocycles. The van der Waals surface area contributed by atoms with Gasteiger partial charge in [0.15, 0.2) is 0 Å². The zero-order valence-corrected chi connectivity index (χ0v) is 19.0. The molecule has 0 spiro atoms. The van der Waals surface area contributed by atoms with Gasteiger partial charge in [-0.2, -0.15) is 0 Å². The Balaban J connectivity index is 2.10. The largest absolute Gasteiger partial charge is 0.480 e. The van der Waals surface area contributed by atoms with Crippen LogP contribution in [0, 0.1) is 11.8 Å². The first-order valence-corrected chi connectivity index (χ1v) is 11.4. The van der Waals surface area contributed by atoms with Crippen LogP contribution in [-0.4, -0.2) is 96.4 Å². The third kappa shape index (κ3) is 6.65. The van der Waals surface area contributed by atoms with Crippen LogP contribution in [0.25, 0.3) is 0 Å². The van der Waals surface area contributed by atoms with Crippen LogP contribution in [0.15, 0.2) is 0 Å². The molecule has 2 amide bonds. The fourth-order valence-corrected chi connectivity index (χ4v) is 4.75. The molecule has 2 saturated heterocycles. The van der Waals surface area contributed by atoms with E-state index in [1.54, 1.807) is 14.2 Å². The van der Waals surface area contributed by atoms with Crippen LogP contribution in [-0.2, 0) is 28.7 Å². The van der Waals surface area contributed by atoms with Crippen molar-refractivity contribution in [3.05, 3.63) is 0 Å². The number of methoxy groups -OCH3 is 2. The van der Waals surface area contributed by atoms with Crippen molar-refractivity contribution < 1.29 is 38.9 Å². The molecule has 4 atom stereocenters. The maximum Gasteiger partial charge on any atom is 0.326 e. The van der Waals surface area contributed by atoms with E-state index in [0.29, 0.717) is 77.7 Å². The van der Waals surface area contributed by atoms with Crippen LogP contribution in [0.2, 0.25) is 0 Å². The molecule has 10 heteroatoms. The van der Waals surface area contributed by atoms with E-state index in [2.05, 4.69) is 0 Å². The molecule has 2 aliphatic rings. The number of amides is 2. The predicted molar refractivity (Wildman–Crippen MR) is 114 cm³/mol. The number of carbonyl (C=O) groups is 4. The second kappa shape index (κ2) is 12.7. The molecular weight excluding hydrogens is 420 g/mol. The first-order valence-electron chi connectivity index (χ1n) is 11.4. The molecule has 182 valence electrons. The summed E-state index contributed by atoms with van der Waals surface area (Å²) in [6.07, 6.45) is 3.86. The van der Waals surface area contributed by atoms with Crippen molar-refractivity contribution in [1.29, 1.82) is 0 Å². The summed E-state index contributed by atoms with van der Waals surface area (Å²) >= 11 is 0. The third-order valence-corrected chi connectivity index (χ3v) is 6.54. The monoisotopic (exact) mass is 456 g/mol. The maximum atomic E-state index is 13.2. The summed E-state index contributed by atoms with van der Waals surface area (Å²) in [5.41, 5.74) is 0. The van der Waals surface area contributed by atoms with Crippen molar-refractivity contribution in [2.45, 2.75) is 63.5 Å². The van der Waals surface area contributed by atoms with Gasteiger partial charge in [-0.3, -0.25) is 9.59 Å². The quantitative estimate of drug-likeness (QED) is 0.423. The topological polar surface area (TPSA) is 134 Å². The summed E-state index contributed by atoms with van der Waals surface area (Å²) in [7, 11) is 3.09. The average Bonchev–Trinajstić information content (AvgIpc) is 3.44. The number of carboxylic acid groups (broad SMARTS) is 2. The maximum absolute atomic E-state index is 13.2. The predicted octanol–water partition coefficient (Wildman–Crippen LogP) is 1.22. The number of aliphatic carboxylic acids is 2. The zero-order valence-electron chi connectivity index (χ0n) is 19.0. The van der Waals surface area contributed by atoms with Crippen molar-refractivity contribution in [2.75, 3.05) is 40.5 Å². The SMILES string of the molecule is COCCC(CCC(CCOC)C(=O)N1CCCC1C(=O)O)C(=O)N1CCCC1C(=O)O. The first kappa shape index (κ1) is 26.1. The number of carbonyl (C=O) groups excluding carboxylic acids is 2. The summed E-state index contributed by atoms with van der Waals surface area (Å²) in [4.78, 5) is 52.3. The van der Waals surface area contributed by atoms with Crippen molar-refractivity contribution in [3.8, 4) is 0 Å². The van der Waals surface area contributed by atoms with E-state index in [0.717, 1.165) is 0 Å².